The van der Waals surface area contributed by atoms with E-state index in [1.165, 1.54) is 0 Å². The van der Waals surface area contributed by atoms with E-state index in [0.29, 0.717) is 25.1 Å². The maximum absolute atomic E-state index is 8.51. The van der Waals surface area contributed by atoms with Gasteiger partial charge in [-0.1, -0.05) is 19.0 Å². The third-order valence-electron chi connectivity index (χ3n) is 2.20. The number of ether oxygens (including phenoxy) is 1. The van der Waals surface area contributed by atoms with Crippen molar-refractivity contribution in [3.8, 4) is 0 Å². The summed E-state index contributed by atoms with van der Waals surface area (Å²) in [6.07, 6.45) is 0. The van der Waals surface area contributed by atoms with Gasteiger partial charge in [-0.2, -0.15) is 0 Å². The molecule has 0 aliphatic heterocycles. The van der Waals surface area contributed by atoms with E-state index in [0.717, 1.165) is 13.2 Å². The maximum atomic E-state index is 8.51. The zero-order chi connectivity index (χ0) is 12.6. The van der Waals surface area contributed by atoms with Crippen molar-refractivity contribution in [2.75, 3.05) is 26.3 Å². The Kier molecular flexibility index (Phi) is 7.93. The summed E-state index contributed by atoms with van der Waals surface area (Å²) in [5.41, 5.74) is 5.48. The fraction of sp³-hybridized carbons (Fsp3) is 0.909. The summed E-state index contributed by atoms with van der Waals surface area (Å²) in [5.74, 6) is 0.786. The second-order valence-electron chi connectivity index (χ2n) is 4.62. The van der Waals surface area contributed by atoms with Gasteiger partial charge in [0.15, 0.2) is 5.84 Å². The lowest BCUT2D eigenvalue weighted by atomic mass is 10.2. The van der Waals surface area contributed by atoms with Gasteiger partial charge in [0.2, 0.25) is 0 Å². The van der Waals surface area contributed by atoms with E-state index in [4.69, 9.17) is 15.7 Å². The van der Waals surface area contributed by atoms with E-state index in [2.05, 4.69) is 37.8 Å². The third kappa shape index (κ3) is 7.48. The Morgan fingerprint density at radius 1 is 1.38 bits per heavy atom. The molecular formula is C11H25N3O2. The van der Waals surface area contributed by atoms with Crippen molar-refractivity contribution >= 4 is 5.84 Å². The van der Waals surface area contributed by atoms with E-state index < -0.39 is 0 Å². The van der Waals surface area contributed by atoms with Crippen molar-refractivity contribution < 1.29 is 9.94 Å². The minimum atomic E-state index is 0.234. The predicted molar refractivity (Wildman–Crippen MR) is 65.8 cm³/mol. The van der Waals surface area contributed by atoms with Crippen LogP contribution in [0.1, 0.15) is 27.7 Å². The summed E-state index contributed by atoms with van der Waals surface area (Å²) in [6.45, 7) is 11.1. The van der Waals surface area contributed by atoms with Gasteiger partial charge in [0.1, 0.15) is 0 Å². The maximum Gasteiger partial charge on any atom is 0.153 e. The van der Waals surface area contributed by atoms with Crippen molar-refractivity contribution in [3.63, 3.8) is 0 Å². The van der Waals surface area contributed by atoms with Gasteiger partial charge in [-0.15, -0.1) is 0 Å². The van der Waals surface area contributed by atoms with Crippen molar-refractivity contribution in [1.29, 1.82) is 0 Å². The van der Waals surface area contributed by atoms with Crippen LogP contribution in [-0.4, -0.2) is 48.3 Å². The van der Waals surface area contributed by atoms with Crippen LogP contribution in [0, 0.1) is 5.92 Å². The highest BCUT2D eigenvalue weighted by molar-refractivity contribution is 5.81. The molecule has 0 radical (unpaired) electrons. The Morgan fingerprint density at radius 2 is 2.00 bits per heavy atom. The molecule has 0 fully saturated rings. The first-order valence-electron chi connectivity index (χ1n) is 5.75. The van der Waals surface area contributed by atoms with Crippen LogP contribution in [0.3, 0.4) is 0 Å². The van der Waals surface area contributed by atoms with Crippen LogP contribution >= 0.6 is 0 Å². The Hall–Kier alpha value is -0.810. The second kappa shape index (κ2) is 8.35. The minimum absolute atomic E-state index is 0.234. The quantitative estimate of drug-likeness (QED) is 0.216. The topological polar surface area (TPSA) is 71.1 Å². The molecule has 0 aliphatic carbocycles. The molecule has 0 aromatic heterocycles. The monoisotopic (exact) mass is 231 g/mol. The lowest BCUT2D eigenvalue weighted by Gasteiger charge is -2.25. The number of hydrogen-bond donors (Lipinski definition) is 2. The Morgan fingerprint density at radius 3 is 2.44 bits per heavy atom. The van der Waals surface area contributed by atoms with Crippen LogP contribution in [0.5, 0.6) is 0 Å². The first-order chi connectivity index (χ1) is 7.47. The normalized spacial score (nSPS) is 13.1. The number of rotatable bonds is 8. The lowest BCUT2D eigenvalue weighted by molar-refractivity contribution is 0.0816. The average molecular weight is 231 g/mol. The molecule has 0 aromatic carbocycles. The van der Waals surface area contributed by atoms with Crippen molar-refractivity contribution in [3.05, 3.63) is 0 Å². The molecule has 0 atom stereocenters. The number of nitrogens with zero attached hydrogens (tertiary/aromatic N) is 2. The number of amidine groups is 1. The zero-order valence-electron chi connectivity index (χ0n) is 10.8. The molecule has 5 nitrogen and oxygen atoms in total. The summed E-state index contributed by atoms with van der Waals surface area (Å²) < 4.78 is 5.51. The molecule has 0 aliphatic rings. The van der Waals surface area contributed by atoms with Crippen LogP contribution in [0.25, 0.3) is 0 Å². The standard InChI is InChI=1S/C11H25N3O2/c1-9(2)8-16-6-5-14(10(3)4)7-11(12)13-15/h9-10,15H,5-8H2,1-4H3,(H2,12,13). The molecule has 0 unspecified atom stereocenters. The van der Waals surface area contributed by atoms with Gasteiger partial charge in [-0.3, -0.25) is 4.90 Å². The molecule has 0 rings (SSSR count). The Bertz CT molecular complexity index is 205. The van der Waals surface area contributed by atoms with E-state index in [1.807, 2.05) is 0 Å². The van der Waals surface area contributed by atoms with Gasteiger partial charge in [-0.05, 0) is 19.8 Å². The van der Waals surface area contributed by atoms with Gasteiger partial charge in [-0.25, -0.2) is 0 Å². The molecule has 0 heterocycles. The third-order valence-corrected chi connectivity index (χ3v) is 2.20. The number of nitrogens with two attached hydrogens (primary N) is 1. The van der Waals surface area contributed by atoms with Crippen LogP contribution in [-0.2, 0) is 4.74 Å². The van der Waals surface area contributed by atoms with E-state index in [-0.39, 0.29) is 5.84 Å². The first kappa shape index (κ1) is 15.2. The van der Waals surface area contributed by atoms with E-state index >= 15 is 0 Å². The lowest BCUT2D eigenvalue weighted by Crippen LogP contribution is -2.40. The SMILES string of the molecule is CC(C)COCCN(CC(N)=NO)C(C)C. The van der Waals surface area contributed by atoms with Crippen LogP contribution in [0.4, 0.5) is 0 Å². The largest absolute Gasteiger partial charge is 0.409 e. The van der Waals surface area contributed by atoms with Gasteiger partial charge in [0, 0.05) is 19.2 Å². The highest BCUT2D eigenvalue weighted by Gasteiger charge is 2.11. The molecule has 16 heavy (non-hydrogen) atoms. The fourth-order valence-corrected chi connectivity index (χ4v) is 1.26. The van der Waals surface area contributed by atoms with Gasteiger partial charge >= 0.3 is 0 Å². The van der Waals surface area contributed by atoms with Gasteiger partial charge in [0.25, 0.3) is 0 Å². The highest BCUT2D eigenvalue weighted by Crippen LogP contribution is 1.98. The van der Waals surface area contributed by atoms with Crippen LogP contribution in [0.15, 0.2) is 5.16 Å². The molecule has 0 spiro atoms. The molecule has 96 valence electrons. The predicted octanol–water partition coefficient (Wildman–Crippen LogP) is 1.12. The summed E-state index contributed by atoms with van der Waals surface area (Å²) in [4.78, 5) is 2.11. The number of oxime groups is 1. The zero-order valence-corrected chi connectivity index (χ0v) is 10.8. The molecule has 3 N–H and O–H groups in total. The smallest absolute Gasteiger partial charge is 0.153 e. The molecule has 0 saturated heterocycles. The second-order valence-corrected chi connectivity index (χ2v) is 4.62. The van der Waals surface area contributed by atoms with Crippen LogP contribution in [0.2, 0.25) is 0 Å². The minimum Gasteiger partial charge on any atom is -0.409 e. The summed E-state index contributed by atoms with van der Waals surface area (Å²) >= 11 is 0. The fourth-order valence-electron chi connectivity index (χ4n) is 1.26. The van der Waals surface area contributed by atoms with Gasteiger partial charge < -0.3 is 15.7 Å². The summed E-state index contributed by atoms with van der Waals surface area (Å²) in [6, 6.07) is 0.350. The molecule has 0 saturated carbocycles. The van der Waals surface area contributed by atoms with Crippen LogP contribution < -0.4 is 5.73 Å². The molecule has 0 bridgehead atoms. The van der Waals surface area contributed by atoms with E-state index in [9.17, 15) is 0 Å². The molecule has 0 aromatic rings. The summed E-state index contributed by atoms with van der Waals surface area (Å²) in [7, 11) is 0. The van der Waals surface area contributed by atoms with Crippen molar-refractivity contribution in [2.24, 2.45) is 16.8 Å². The first-order valence-corrected chi connectivity index (χ1v) is 5.75. The van der Waals surface area contributed by atoms with Crippen molar-refractivity contribution in [2.45, 2.75) is 33.7 Å². The highest BCUT2D eigenvalue weighted by atomic mass is 16.5. The Balaban J connectivity index is 3.86. The van der Waals surface area contributed by atoms with E-state index in [1.54, 1.807) is 0 Å². The molecule has 0 amide bonds. The summed E-state index contributed by atoms with van der Waals surface area (Å²) in [5, 5.41) is 11.5. The number of hydrogen-bond acceptors (Lipinski definition) is 4. The van der Waals surface area contributed by atoms with Gasteiger partial charge in [0.05, 0.1) is 13.2 Å². The molecular weight excluding hydrogens is 206 g/mol. The molecule has 5 heteroatoms. The Labute approximate surface area is 98.2 Å². The van der Waals surface area contributed by atoms with Crippen molar-refractivity contribution in [1.82, 2.24) is 4.90 Å². The average Bonchev–Trinajstić information content (AvgIpc) is 2.21.